The summed E-state index contributed by atoms with van der Waals surface area (Å²) >= 11 is 1.66. The average molecular weight is 251 g/mol. The second-order valence-corrected chi connectivity index (χ2v) is 5.72. The first-order valence-corrected chi connectivity index (χ1v) is 6.92. The van der Waals surface area contributed by atoms with Crippen LogP contribution < -0.4 is 0 Å². The van der Waals surface area contributed by atoms with E-state index in [0.717, 1.165) is 36.7 Å². The average Bonchev–Trinajstić information content (AvgIpc) is 2.91. The smallest absolute Gasteiger partial charge is 0.193 e. The number of fused-ring (bicyclic) bond motifs is 1. The van der Waals surface area contributed by atoms with Crippen LogP contribution in [0.15, 0.2) is 17.8 Å². The minimum atomic E-state index is -0.189. The van der Waals surface area contributed by atoms with Gasteiger partial charge in [-0.15, -0.1) is 11.3 Å². The van der Waals surface area contributed by atoms with Crippen LogP contribution in [0.25, 0.3) is 4.96 Å². The van der Waals surface area contributed by atoms with Gasteiger partial charge in [0.25, 0.3) is 0 Å². The Morgan fingerprint density at radius 1 is 1.65 bits per heavy atom. The molecule has 1 aliphatic rings. The van der Waals surface area contributed by atoms with Crippen molar-refractivity contribution >= 4 is 16.3 Å². The molecule has 0 bridgehead atoms. The molecule has 1 N–H and O–H groups in total. The van der Waals surface area contributed by atoms with E-state index in [0.29, 0.717) is 5.92 Å². The van der Waals surface area contributed by atoms with Crippen molar-refractivity contribution in [2.75, 3.05) is 13.1 Å². The predicted molar refractivity (Wildman–Crippen MR) is 68.1 cm³/mol. The maximum absolute atomic E-state index is 9.57. The van der Waals surface area contributed by atoms with Crippen molar-refractivity contribution < 1.29 is 5.11 Å². The van der Waals surface area contributed by atoms with Crippen LogP contribution >= 0.6 is 11.3 Å². The molecule has 0 spiro atoms. The topological polar surface area (TPSA) is 40.8 Å². The number of aromatic nitrogens is 2. The molecule has 4 nitrogen and oxygen atoms in total. The summed E-state index contributed by atoms with van der Waals surface area (Å²) in [4.78, 5) is 8.02. The molecule has 5 heteroatoms. The zero-order chi connectivity index (χ0) is 11.8. The Kier molecular flexibility index (Phi) is 2.90. The van der Waals surface area contributed by atoms with Crippen LogP contribution in [-0.2, 0) is 6.54 Å². The molecule has 2 aromatic rings. The fourth-order valence-electron chi connectivity index (χ4n) is 2.48. The van der Waals surface area contributed by atoms with Crippen LogP contribution in [0.1, 0.15) is 19.0 Å². The minimum absolute atomic E-state index is 0.189. The lowest BCUT2D eigenvalue weighted by molar-refractivity contribution is 0.127. The van der Waals surface area contributed by atoms with Crippen molar-refractivity contribution in [3.8, 4) is 0 Å². The van der Waals surface area contributed by atoms with Gasteiger partial charge in [0.05, 0.1) is 11.8 Å². The summed E-state index contributed by atoms with van der Waals surface area (Å²) < 4.78 is 2.07. The number of likely N-dealkylation sites (tertiary alicyclic amines) is 1. The van der Waals surface area contributed by atoms with Gasteiger partial charge in [-0.2, -0.15) is 0 Å². The van der Waals surface area contributed by atoms with E-state index in [1.807, 2.05) is 18.5 Å². The highest BCUT2D eigenvalue weighted by Crippen LogP contribution is 2.21. The van der Waals surface area contributed by atoms with Crippen molar-refractivity contribution in [1.29, 1.82) is 0 Å². The summed E-state index contributed by atoms with van der Waals surface area (Å²) in [5, 5.41) is 11.6. The molecule has 2 atom stereocenters. The lowest BCUT2D eigenvalue weighted by Gasteiger charge is -2.15. The molecule has 17 heavy (non-hydrogen) atoms. The Balaban J connectivity index is 1.66. The van der Waals surface area contributed by atoms with Gasteiger partial charge in [-0.05, 0) is 25.8 Å². The van der Waals surface area contributed by atoms with Gasteiger partial charge >= 0.3 is 0 Å². The van der Waals surface area contributed by atoms with Gasteiger partial charge in [0.15, 0.2) is 4.96 Å². The lowest BCUT2D eigenvalue weighted by Crippen LogP contribution is -2.24. The highest BCUT2D eigenvalue weighted by molar-refractivity contribution is 7.15. The quantitative estimate of drug-likeness (QED) is 0.901. The lowest BCUT2D eigenvalue weighted by atomic mass is 10.0. The Hall–Kier alpha value is -0.910. The molecule has 0 amide bonds. The first-order valence-electron chi connectivity index (χ1n) is 6.04. The van der Waals surface area contributed by atoms with Crippen molar-refractivity contribution in [3.63, 3.8) is 0 Å². The van der Waals surface area contributed by atoms with Crippen LogP contribution in [0.5, 0.6) is 0 Å². The highest BCUT2D eigenvalue weighted by atomic mass is 32.1. The molecule has 1 aliphatic heterocycles. The summed E-state index contributed by atoms with van der Waals surface area (Å²) in [5.41, 5.74) is 1.13. The second-order valence-electron chi connectivity index (χ2n) is 4.85. The van der Waals surface area contributed by atoms with Crippen LogP contribution in [0.2, 0.25) is 0 Å². The minimum Gasteiger partial charge on any atom is -0.393 e. The third kappa shape index (κ3) is 2.22. The van der Waals surface area contributed by atoms with Gasteiger partial charge < -0.3 is 5.11 Å². The summed E-state index contributed by atoms with van der Waals surface area (Å²) in [6, 6.07) is 0. The molecular formula is C12H17N3OS. The number of imidazole rings is 1. The number of nitrogens with zero attached hydrogens (tertiary/aromatic N) is 3. The van der Waals surface area contributed by atoms with E-state index in [1.165, 1.54) is 0 Å². The van der Waals surface area contributed by atoms with E-state index in [-0.39, 0.29) is 6.10 Å². The molecule has 2 aromatic heterocycles. The Labute approximate surface area is 105 Å². The van der Waals surface area contributed by atoms with Crippen LogP contribution in [0.3, 0.4) is 0 Å². The molecule has 0 aromatic carbocycles. The number of hydrogen-bond donors (Lipinski definition) is 1. The fraction of sp³-hybridized carbons (Fsp3) is 0.583. The second kappa shape index (κ2) is 4.40. The summed E-state index contributed by atoms with van der Waals surface area (Å²) in [5.74, 6) is 0.429. The van der Waals surface area contributed by atoms with Crippen molar-refractivity contribution in [1.82, 2.24) is 14.3 Å². The largest absolute Gasteiger partial charge is 0.393 e. The number of hydrogen-bond acceptors (Lipinski definition) is 4. The monoisotopic (exact) mass is 251 g/mol. The maximum atomic E-state index is 9.57. The van der Waals surface area contributed by atoms with Gasteiger partial charge in [-0.3, -0.25) is 9.30 Å². The maximum Gasteiger partial charge on any atom is 0.193 e. The standard InChI is InChI=1S/C12H17N3OS/c1-9(16)10-2-3-14(6-10)7-11-8-15-4-5-17-12(15)13-11/h4-5,8-10,16H,2-3,6-7H2,1H3. The Bertz CT molecular complexity index is 476. The summed E-state index contributed by atoms with van der Waals surface area (Å²) in [6.07, 6.45) is 5.05. The van der Waals surface area contributed by atoms with Gasteiger partial charge in [0.1, 0.15) is 0 Å². The van der Waals surface area contributed by atoms with Crippen LogP contribution in [0, 0.1) is 5.92 Å². The first-order chi connectivity index (χ1) is 8.22. The van der Waals surface area contributed by atoms with Gasteiger partial charge in [0, 0.05) is 30.9 Å². The van der Waals surface area contributed by atoms with E-state index in [1.54, 1.807) is 11.3 Å². The molecule has 1 fully saturated rings. The number of aliphatic hydroxyl groups excluding tert-OH is 1. The molecule has 92 valence electrons. The fourth-order valence-corrected chi connectivity index (χ4v) is 3.20. The highest BCUT2D eigenvalue weighted by Gasteiger charge is 2.26. The molecule has 0 radical (unpaired) electrons. The van der Waals surface area contributed by atoms with E-state index >= 15 is 0 Å². The van der Waals surface area contributed by atoms with Crippen molar-refractivity contribution in [3.05, 3.63) is 23.5 Å². The van der Waals surface area contributed by atoms with E-state index < -0.39 is 0 Å². The zero-order valence-electron chi connectivity index (χ0n) is 9.91. The molecule has 0 aliphatic carbocycles. The molecule has 0 saturated carbocycles. The normalized spacial score (nSPS) is 23.5. The van der Waals surface area contributed by atoms with Crippen molar-refractivity contribution in [2.45, 2.75) is 26.0 Å². The van der Waals surface area contributed by atoms with Gasteiger partial charge in [-0.25, -0.2) is 4.98 Å². The van der Waals surface area contributed by atoms with Crippen molar-refractivity contribution in [2.24, 2.45) is 5.92 Å². The van der Waals surface area contributed by atoms with Gasteiger partial charge in [-0.1, -0.05) is 0 Å². The number of rotatable bonds is 3. The molecule has 3 heterocycles. The molecule has 2 unspecified atom stereocenters. The molecular weight excluding hydrogens is 234 g/mol. The molecule has 3 rings (SSSR count). The Morgan fingerprint density at radius 2 is 2.53 bits per heavy atom. The van der Waals surface area contributed by atoms with E-state index in [4.69, 9.17) is 0 Å². The van der Waals surface area contributed by atoms with Gasteiger partial charge in [0.2, 0.25) is 0 Å². The first kappa shape index (κ1) is 11.2. The van der Waals surface area contributed by atoms with Crippen LogP contribution in [0.4, 0.5) is 0 Å². The third-order valence-electron chi connectivity index (χ3n) is 3.52. The summed E-state index contributed by atoms with van der Waals surface area (Å²) in [6.45, 7) is 4.85. The Morgan fingerprint density at radius 3 is 3.24 bits per heavy atom. The summed E-state index contributed by atoms with van der Waals surface area (Å²) in [7, 11) is 0. The molecule has 1 saturated heterocycles. The zero-order valence-corrected chi connectivity index (χ0v) is 10.7. The number of thiazole rings is 1. The van der Waals surface area contributed by atoms with E-state index in [9.17, 15) is 5.11 Å². The predicted octanol–water partition coefficient (Wildman–Crippen LogP) is 1.60. The number of aliphatic hydroxyl groups is 1. The van der Waals surface area contributed by atoms with E-state index in [2.05, 4.69) is 20.5 Å². The van der Waals surface area contributed by atoms with Crippen LogP contribution in [-0.4, -0.2) is 38.6 Å². The SMILES string of the molecule is CC(O)C1CCN(Cc2cn3ccsc3n2)C1. The third-order valence-corrected chi connectivity index (χ3v) is 4.29.